The number of benzene rings is 2. The van der Waals surface area contributed by atoms with Gasteiger partial charge in [-0.15, -0.1) is 24.0 Å². The molecule has 0 fully saturated rings. The fourth-order valence-corrected chi connectivity index (χ4v) is 2.89. The number of hydrogen-bond donors (Lipinski definition) is 4. The van der Waals surface area contributed by atoms with Gasteiger partial charge in [-0.3, -0.25) is 4.79 Å². The number of halogens is 1. The molecule has 0 radical (unpaired) electrons. The highest BCUT2D eigenvalue weighted by Crippen LogP contribution is 2.18. The maximum atomic E-state index is 12.4. The molecule has 0 saturated carbocycles. The van der Waals surface area contributed by atoms with Gasteiger partial charge in [0.15, 0.2) is 5.96 Å². The standard InChI is InChI=1S/C24H34N4O2.HI/c1-6-25-22(27-17-24(5,30)20-13-8-7-9-14-20)26-16-18-11-10-12-19(15-18)21(29)28-23(2,3)4;/h7-15,30H,6,16-17H2,1-5H3,(H,28,29)(H2,25,26,27);1H. The first-order valence-electron chi connectivity index (χ1n) is 10.3. The summed E-state index contributed by atoms with van der Waals surface area (Å²) in [5.74, 6) is 0.510. The second-order valence-electron chi connectivity index (χ2n) is 8.59. The lowest BCUT2D eigenvalue weighted by Gasteiger charge is -2.25. The number of nitrogens with zero attached hydrogens (tertiary/aromatic N) is 1. The molecule has 1 amide bonds. The van der Waals surface area contributed by atoms with Gasteiger partial charge in [0, 0.05) is 17.6 Å². The molecule has 7 heteroatoms. The molecule has 2 aromatic carbocycles. The van der Waals surface area contributed by atoms with E-state index in [1.165, 1.54) is 0 Å². The van der Waals surface area contributed by atoms with Gasteiger partial charge in [-0.05, 0) is 57.9 Å². The Balaban J connectivity index is 0.00000480. The molecule has 0 spiro atoms. The van der Waals surface area contributed by atoms with Crippen molar-refractivity contribution in [2.24, 2.45) is 4.99 Å². The number of amides is 1. The summed E-state index contributed by atoms with van der Waals surface area (Å²) in [6.07, 6.45) is 0. The van der Waals surface area contributed by atoms with Gasteiger partial charge in [0.2, 0.25) is 0 Å². The van der Waals surface area contributed by atoms with E-state index < -0.39 is 5.60 Å². The summed E-state index contributed by atoms with van der Waals surface area (Å²) in [5, 5.41) is 20.2. The van der Waals surface area contributed by atoms with Crippen molar-refractivity contribution >= 4 is 35.8 Å². The SMILES string of the molecule is CCNC(=NCc1cccc(C(=O)NC(C)(C)C)c1)NCC(C)(O)c1ccccc1.I. The molecule has 0 saturated heterocycles. The predicted octanol–water partition coefficient (Wildman–Crippen LogP) is 3.80. The largest absolute Gasteiger partial charge is 0.384 e. The van der Waals surface area contributed by atoms with Crippen LogP contribution in [0.25, 0.3) is 0 Å². The predicted molar refractivity (Wildman–Crippen MR) is 138 cm³/mol. The zero-order valence-electron chi connectivity index (χ0n) is 19.0. The number of aliphatic imine (C=N–C) groups is 1. The van der Waals surface area contributed by atoms with E-state index in [1.807, 2.05) is 76.2 Å². The molecule has 4 N–H and O–H groups in total. The van der Waals surface area contributed by atoms with E-state index in [1.54, 1.807) is 13.0 Å². The zero-order chi connectivity index (χ0) is 22.2. The van der Waals surface area contributed by atoms with E-state index >= 15 is 0 Å². The molecule has 0 heterocycles. The minimum absolute atomic E-state index is 0. The van der Waals surface area contributed by atoms with Crippen molar-refractivity contribution in [1.29, 1.82) is 0 Å². The first-order chi connectivity index (χ1) is 14.1. The van der Waals surface area contributed by atoms with Crippen molar-refractivity contribution in [3.63, 3.8) is 0 Å². The van der Waals surface area contributed by atoms with Crippen LogP contribution in [-0.2, 0) is 12.1 Å². The average Bonchev–Trinajstić information content (AvgIpc) is 2.70. The smallest absolute Gasteiger partial charge is 0.251 e. The third-order valence-corrected chi connectivity index (χ3v) is 4.44. The normalized spacial score (nSPS) is 13.5. The van der Waals surface area contributed by atoms with E-state index in [0.717, 1.165) is 11.1 Å². The lowest BCUT2D eigenvalue weighted by Crippen LogP contribution is -2.44. The van der Waals surface area contributed by atoms with Crippen LogP contribution in [0.4, 0.5) is 0 Å². The van der Waals surface area contributed by atoms with Crippen LogP contribution >= 0.6 is 24.0 Å². The Hall–Kier alpha value is -2.13. The van der Waals surface area contributed by atoms with Crippen molar-refractivity contribution in [3.8, 4) is 0 Å². The van der Waals surface area contributed by atoms with Crippen LogP contribution in [0.15, 0.2) is 59.6 Å². The third kappa shape index (κ3) is 9.26. The quantitative estimate of drug-likeness (QED) is 0.246. The highest BCUT2D eigenvalue weighted by Gasteiger charge is 2.23. The van der Waals surface area contributed by atoms with Crippen molar-refractivity contribution in [3.05, 3.63) is 71.3 Å². The highest BCUT2D eigenvalue weighted by molar-refractivity contribution is 14.0. The minimum Gasteiger partial charge on any atom is -0.384 e. The van der Waals surface area contributed by atoms with Gasteiger partial charge < -0.3 is 21.1 Å². The summed E-state index contributed by atoms with van der Waals surface area (Å²) in [7, 11) is 0. The second kappa shape index (κ2) is 12.0. The lowest BCUT2D eigenvalue weighted by molar-refractivity contribution is 0.0617. The van der Waals surface area contributed by atoms with Crippen molar-refractivity contribution in [1.82, 2.24) is 16.0 Å². The number of guanidine groups is 1. The maximum Gasteiger partial charge on any atom is 0.251 e. The van der Waals surface area contributed by atoms with Crippen molar-refractivity contribution in [2.75, 3.05) is 13.1 Å². The summed E-state index contributed by atoms with van der Waals surface area (Å²) < 4.78 is 0. The average molecular weight is 538 g/mol. The second-order valence-corrected chi connectivity index (χ2v) is 8.59. The molecule has 170 valence electrons. The Labute approximate surface area is 203 Å². The Kier molecular flexibility index (Phi) is 10.5. The van der Waals surface area contributed by atoms with Crippen LogP contribution in [0.3, 0.4) is 0 Å². The summed E-state index contributed by atoms with van der Waals surface area (Å²) in [5.41, 5.74) is 1.07. The summed E-state index contributed by atoms with van der Waals surface area (Å²) in [4.78, 5) is 17.0. The van der Waals surface area contributed by atoms with Crippen LogP contribution in [-0.4, -0.2) is 35.6 Å². The monoisotopic (exact) mass is 538 g/mol. The molecule has 0 aliphatic heterocycles. The van der Waals surface area contributed by atoms with Crippen molar-refractivity contribution < 1.29 is 9.90 Å². The first-order valence-corrected chi connectivity index (χ1v) is 10.3. The summed E-state index contributed by atoms with van der Waals surface area (Å²) >= 11 is 0. The highest BCUT2D eigenvalue weighted by atomic mass is 127. The molecule has 1 atom stereocenters. The number of rotatable bonds is 7. The van der Waals surface area contributed by atoms with Gasteiger partial charge in [0.25, 0.3) is 5.91 Å². The fourth-order valence-electron chi connectivity index (χ4n) is 2.89. The van der Waals surface area contributed by atoms with Crippen molar-refractivity contribution in [2.45, 2.75) is 52.3 Å². The molecule has 31 heavy (non-hydrogen) atoms. The van der Waals surface area contributed by atoms with Gasteiger partial charge >= 0.3 is 0 Å². The molecular formula is C24H35IN4O2. The van der Waals surface area contributed by atoms with Crippen LogP contribution in [0.1, 0.15) is 56.1 Å². The van der Waals surface area contributed by atoms with E-state index in [4.69, 9.17) is 0 Å². The summed E-state index contributed by atoms with van der Waals surface area (Å²) in [6, 6.07) is 17.0. The van der Waals surface area contributed by atoms with E-state index in [-0.39, 0.29) is 35.4 Å². The Bertz CT molecular complexity index is 861. The molecule has 2 rings (SSSR count). The molecule has 0 aromatic heterocycles. The maximum absolute atomic E-state index is 12.4. The number of carbonyl (C=O) groups is 1. The van der Waals surface area contributed by atoms with Gasteiger partial charge in [0.1, 0.15) is 5.60 Å². The lowest BCUT2D eigenvalue weighted by atomic mass is 9.96. The van der Waals surface area contributed by atoms with Crippen LogP contribution in [0.2, 0.25) is 0 Å². The minimum atomic E-state index is -1.03. The number of carbonyl (C=O) groups excluding carboxylic acids is 1. The Morgan fingerprint density at radius 2 is 1.68 bits per heavy atom. The molecule has 1 unspecified atom stereocenters. The van der Waals surface area contributed by atoms with Gasteiger partial charge in [0.05, 0.1) is 13.1 Å². The van der Waals surface area contributed by atoms with E-state index in [0.29, 0.717) is 31.2 Å². The molecule has 0 bridgehead atoms. The number of hydrogen-bond acceptors (Lipinski definition) is 3. The van der Waals surface area contributed by atoms with E-state index in [2.05, 4.69) is 20.9 Å². The Morgan fingerprint density at radius 1 is 1.00 bits per heavy atom. The molecule has 2 aromatic rings. The van der Waals surface area contributed by atoms with Gasteiger partial charge in [-0.2, -0.15) is 0 Å². The Morgan fingerprint density at radius 3 is 2.29 bits per heavy atom. The summed E-state index contributed by atoms with van der Waals surface area (Å²) in [6.45, 7) is 11.1. The fraction of sp³-hybridized carbons (Fsp3) is 0.417. The first kappa shape index (κ1) is 26.9. The van der Waals surface area contributed by atoms with Gasteiger partial charge in [-0.25, -0.2) is 4.99 Å². The van der Waals surface area contributed by atoms with Crippen LogP contribution < -0.4 is 16.0 Å². The third-order valence-electron chi connectivity index (χ3n) is 4.44. The molecular weight excluding hydrogens is 503 g/mol. The molecule has 6 nitrogen and oxygen atoms in total. The number of nitrogens with one attached hydrogen (secondary N) is 3. The van der Waals surface area contributed by atoms with E-state index in [9.17, 15) is 9.90 Å². The molecule has 0 aliphatic rings. The van der Waals surface area contributed by atoms with Gasteiger partial charge in [-0.1, -0.05) is 42.5 Å². The zero-order valence-corrected chi connectivity index (χ0v) is 21.4. The van der Waals surface area contributed by atoms with Crippen LogP contribution in [0.5, 0.6) is 0 Å². The van der Waals surface area contributed by atoms with Crippen LogP contribution in [0, 0.1) is 0 Å². The topological polar surface area (TPSA) is 85.8 Å². The molecule has 0 aliphatic carbocycles. The number of aliphatic hydroxyl groups is 1.